The predicted molar refractivity (Wildman–Crippen MR) is 122 cm³/mol. The van der Waals surface area contributed by atoms with Gasteiger partial charge in [-0.15, -0.1) is 12.1 Å². The summed E-state index contributed by atoms with van der Waals surface area (Å²) >= 11 is 0. The maximum absolute atomic E-state index is 13.2. The molecule has 1 fully saturated rings. The SMILES string of the molecule is CC1(C)CC(CCN([CH-]c2ccccc2)C(=O)c2ccco2)(c2ccccc2)CCO1. The molecule has 31 heavy (non-hydrogen) atoms. The summed E-state index contributed by atoms with van der Waals surface area (Å²) < 4.78 is 11.5. The molecule has 4 nitrogen and oxygen atoms in total. The fraction of sp³-hybridized carbons (Fsp3) is 0.333. The third kappa shape index (κ3) is 5.02. The third-order valence-electron chi connectivity index (χ3n) is 6.15. The number of hydrogen-bond donors (Lipinski definition) is 0. The Bertz CT molecular complexity index is 966. The van der Waals surface area contributed by atoms with Gasteiger partial charge in [-0.2, -0.15) is 17.7 Å². The highest BCUT2D eigenvalue weighted by molar-refractivity contribution is 5.92. The van der Waals surface area contributed by atoms with Crippen molar-refractivity contribution in [3.05, 3.63) is 102 Å². The summed E-state index contributed by atoms with van der Waals surface area (Å²) in [6.07, 6.45) is 4.24. The smallest absolute Gasteiger partial charge is 0.282 e. The molecule has 4 rings (SSSR count). The van der Waals surface area contributed by atoms with Crippen LogP contribution in [0.5, 0.6) is 0 Å². The molecule has 1 aromatic heterocycles. The van der Waals surface area contributed by atoms with Crippen LogP contribution in [0.25, 0.3) is 0 Å². The second-order valence-electron chi connectivity index (χ2n) is 8.95. The quantitative estimate of drug-likeness (QED) is 0.454. The molecule has 1 aliphatic heterocycles. The molecule has 1 atom stereocenters. The van der Waals surface area contributed by atoms with Gasteiger partial charge in [0.1, 0.15) is 0 Å². The Labute approximate surface area is 184 Å². The van der Waals surface area contributed by atoms with Crippen molar-refractivity contribution in [3.8, 4) is 0 Å². The summed E-state index contributed by atoms with van der Waals surface area (Å²) in [6, 6.07) is 24.1. The van der Waals surface area contributed by atoms with Crippen LogP contribution in [0.15, 0.2) is 83.5 Å². The number of rotatable bonds is 7. The van der Waals surface area contributed by atoms with Crippen LogP contribution in [0.4, 0.5) is 0 Å². The zero-order valence-electron chi connectivity index (χ0n) is 18.3. The topological polar surface area (TPSA) is 42.7 Å². The zero-order valence-corrected chi connectivity index (χ0v) is 18.3. The standard InChI is InChI=1S/C27H30NO3/c1-26(2)21-27(16-19-31-26,23-12-7-4-8-13-23)15-17-28(20-22-10-5-3-6-11-22)25(29)24-14-9-18-30-24/h3-14,18,20H,15-17,19,21H2,1-2H3/q-1. The molecule has 0 aliphatic carbocycles. The number of hydrogen-bond acceptors (Lipinski definition) is 3. The van der Waals surface area contributed by atoms with Gasteiger partial charge in [-0.25, -0.2) is 0 Å². The molecule has 162 valence electrons. The van der Waals surface area contributed by atoms with Gasteiger partial charge in [0.05, 0.1) is 11.9 Å². The molecule has 1 aliphatic rings. The van der Waals surface area contributed by atoms with Gasteiger partial charge in [-0.1, -0.05) is 42.9 Å². The molecule has 1 saturated heterocycles. The number of benzene rings is 2. The lowest BCUT2D eigenvalue weighted by Gasteiger charge is -2.46. The Morgan fingerprint density at radius 2 is 1.71 bits per heavy atom. The Hall–Kier alpha value is -2.98. The van der Waals surface area contributed by atoms with E-state index in [1.54, 1.807) is 23.3 Å². The summed E-state index contributed by atoms with van der Waals surface area (Å²) in [5, 5.41) is 0. The molecule has 0 N–H and O–H groups in total. The van der Waals surface area contributed by atoms with E-state index in [2.05, 4.69) is 44.2 Å². The molecule has 0 spiro atoms. The van der Waals surface area contributed by atoms with E-state index in [4.69, 9.17) is 9.15 Å². The fourth-order valence-electron chi connectivity index (χ4n) is 4.69. The van der Waals surface area contributed by atoms with Crippen molar-refractivity contribution < 1.29 is 13.9 Å². The summed E-state index contributed by atoms with van der Waals surface area (Å²) in [5.41, 5.74) is 2.06. The van der Waals surface area contributed by atoms with Gasteiger partial charge in [0.2, 0.25) is 0 Å². The maximum atomic E-state index is 13.2. The minimum absolute atomic E-state index is 0.0464. The molecule has 0 radical (unpaired) electrons. The Kier molecular flexibility index (Phi) is 6.19. The molecule has 0 bridgehead atoms. The first-order chi connectivity index (χ1) is 15.0. The van der Waals surface area contributed by atoms with E-state index in [0.717, 1.165) is 31.4 Å². The van der Waals surface area contributed by atoms with Crippen molar-refractivity contribution in [1.82, 2.24) is 4.90 Å². The van der Waals surface area contributed by atoms with Crippen LogP contribution in [0, 0.1) is 6.54 Å². The lowest BCUT2D eigenvalue weighted by molar-refractivity contribution is -0.0847. The molecule has 2 heterocycles. The molecule has 1 unspecified atom stereocenters. The van der Waals surface area contributed by atoms with Gasteiger partial charge in [0.25, 0.3) is 5.91 Å². The number of carbonyl (C=O) groups is 1. The van der Waals surface area contributed by atoms with Crippen molar-refractivity contribution >= 4 is 5.91 Å². The van der Waals surface area contributed by atoms with Crippen LogP contribution in [-0.2, 0) is 10.2 Å². The van der Waals surface area contributed by atoms with Crippen molar-refractivity contribution in [1.29, 1.82) is 0 Å². The van der Waals surface area contributed by atoms with Gasteiger partial charge >= 0.3 is 0 Å². The normalized spacial score (nSPS) is 20.2. The Balaban J connectivity index is 1.60. The largest absolute Gasteiger partial charge is 0.459 e. The van der Waals surface area contributed by atoms with Crippen LogP contribution in [0.2, 0.25) is 0 Å². The van der Waals surface area contributed by atoms with E-state index < -0.39 is 0 Å². The average Bonchev–Trinajstić information content (AvgIpc) is 3.32. The number of furan rings is 1. The molecule has 3 aromatic rings. The highest BCUT2D eigenvalue weighted by Crippen LogP contribution is 2.44. The van der Waals surface area contributed by atoms with Crippen LogP contribution in [0.3, 0.4) is 0 Å². The lowest BCUT2D eigenvalue weighted by atomic mass is 9.67. The van der Waals surface area contributed by atoms with E-state index in [9.17, 15) is 4.79 Å². The third-order valence-corrected chi connectivity index (χ3v) is 6.15. The molecular formula is C27H30NO3-. The van der Waals surface area contributed by atoms with Gasteiger partial charge in [-0.3, -0.25) is 4.79 Å². The Morgan fingerprint density at radius 3 is 2.35 bits per heavy atom. The minimum atomic E-state index is -0.201. The lowest BCUT2D eigenvalue weighted by Crippen LogP contribution is -2.46. The molecular weight excluding hydrogens is 386 g/mol. The van der Waals surface area contributed by atoms with Crippen molar-refractivity contribution in [2.24, 2.45) is 0 Å². The van der Waals surface area contributed by atoms with Gasteiger partial charge < -0.3 is 14.1 Å². The first kappa shape index (κ1) is 21.3. The first-order valence-electron chi connectivity index (χ1n) is 10.9. The van der Waals surface area contributed by atoms with Crippen LogP contribution in [0.1, 0.15) is 54.8 Å². The number of amides is 1. The monoisotopic (exact) mass is 416 g/mol. The number of nitrogens with zero attached hydrogens (tertiary/aromatic N) is 1. The van der Waals surface area contributed by atoms with Gasteiger partial charge in [0, 0.05) is 18.6 Å². The number of ether oxygens (including phenoxy) is 1. The molecule has 4 heteroatoms. The second-order valence-corrected chi connectivity index (χ2v) is 8.95. The molecule has 1 amide bonds. The highest BCUT2D eigenvalue weighted by Gasteiger charge is 2.42. The van der Waals surface area contributed by atoms with Gasteiger partial charge in [-0.05, 0) is 50.8 Å². The van der Waals surface area contributed by atoms with Crippen LogP contribution < -0.4 is 0 Å². The summed E-state index contributed by atoms with van der Waals surface area (Å²) in [6.45, 7) is 7.56. The molecule has 2 aromatic carbocycles. The maximum Gasteiger partial charge on any atom is 0.282 e. The van der Waals surface area contributed by atoms with Crippen molar-refractivity contribution in [3.63, 3.8) is 0 Å². The van der Waals surface area contributed by atoms with Crippen molar-refractivity contribution in [2.75, 3.05) is 13.2 Å². The van der Waals surface area contributed by atoms with Gasteiger partial charge in [0.15, 0.2) is 5.76 Å². The molecule has 0 saturated carbocycles. The predicted octanol–water partition coefficient (Wildman–Crippen LogP) is 5.85. The number of carbonyl (C=O) groups excluding carboxylic acids is 1. The van der Waals surface area contributed by atoms with E-state index in [0.29, 0.717) is 12.3 Å². The first-order valence-corrected chi connectivity index (χ1v) is 10.9. The van der Waals surface area contributed by atoms with Crippen LogP contribution >= 0.6 is 0 Å². The summed E-state index contributed by atoms with van der Waals surface area (Å²) in [4.78, 5) is 15.0. The van der Waals surface area contributed by atoms with E-state index >= 15 is 0 Å². The highest BCUT2D eigenvalue weighted by atomic mass is 16.5. The van der Waals surface area contributed by atoms with E-state index in [1.165, 1.54) is 5.56 Å². The van der Waals surface area contributed by atoms with Crippen LogP contribution in [-0.4, -0.2) is 29.6 Å². The van der Waals surface area contributed by atoms with E-state index in [-0.39, 0.29) is 16.9 Å². The zero-order chi connectivity index (χ0) is 21.7. The minimum Gasteiger partial charge on any atom is -0.459 e. The summed E-state index contributed by atoms with van der Waals surface area (Å²) in [5.74, 6) is 0.233. The summed E-state index contributed by atoms with van der Waals surface area (Å²) in [7, 11) is 0. The second kappa shape index (κ2) is 9.03. The van der Waals surface area contributed by atoms with E-state index in [1.807, 2.05) is 36.9 Å². The fourth-order valence-corrected chi connectivity index (χ4v) is 4.69. The Morgan fingerprint density at radius 1 is 1.00 bits per heavy atom. The van der Waals surface area contributed by atoms with Crippen molar-refractivity contribution in [2.45, 2.75) is 44.1 Å². The average molecular weight is 417 g/mol.